The number of anilines is 1. The summed E-state index contributed by atoms with van der Waals surface area (Å²) in [6.07, 6.45) is 7.88. The first-order valence-corrected chi connectivity index (χ1v) is 14.8. The van der Waals surface area contributed by atoms with Crippen molar-refractivity contribution < 1.29 is 19.4 Å². The number of hydrogen-bond donors (Lipinski definition) is 2. The zero-order valence-electron chi connectivity index (χ0n) is 24.0. The molecule has 5 rings (SSSR count). The molecule has 3 aliphatic rings. The number of carboxylic acid groups (broad SMARTS) is 1. The van der Waals surface area contributed by atoms with Crippen molar-refractivity contribution in [2.24, 2.45) is 5.41 Å². The van der Waals surface area contributed by atoms with Gasteiger partial charge in [-0.15, -0.1) is 0 Å². The van der Waals surface area contributed by atoms with Gasteiger partial charge in [0.2, 0.25) is 0 Å². The maximum absolute atomic E-state index is 12.7. The molecule has 39 heavy (non-hydrogen) atoms. The van der Waals surface area contributed by atoms with Crippen LogP contribution in [0, 0.1) is 5.41 Å². The summed E-state index contributed by atoms with van der Waals surface area (Å²) in [5.74, 6) is 0.257. The smallest absolute Gasteiger partial charge is 0.325 e. The highest BCUT2D eigenvalue weighted by atomic mass is 16.5. The lowest BCUT2D eigenvalue weighted by Gasteiger charge is -2.35. The van der Waals surface area contributed by atoms with Gasteiger partial charge in [-0.05, 0) is 99.1 Å². The van der Waals surface area contributed by atoms with Gasteiger partial charge in [0, 0.05) is 24.9 Å². The molecule has 0 bridgehead atoms. The number of aromatic nitrogens is 1. The number of fused-ring (bicyclic) bond motifs is 2. The maximum atomic E-state index is 12.7. The van der Waals surface area contributed by atoms with Crippen LogP contribution in [0.5, 0.6) is 0 Å². The second kappa shape index (κ2) is 11.9. The summed E-state index contributed by atoms with van der Waals surface area (Å²) in [5, 5.41) is 13.8. The molecule has 7 heteroatoms. The number of aliphatic carboxylic acids is 1. The Morgan fingerprint density at radius 3 is 2.90 bits per heavy atom. The number of nitrogens with zero attached hydrogens (tertiary/aromatic N) is 2. The molecule has 1 aromatic heterocycles. The fourth-order valence-electron chi connectivity index (χ4n) is 6.89. The van der Waals surface area contributed by atoms with Gasteiger partial charge < -0.3 is 19.9 Å². The molecule has 1 aliphatic carbocycles. The molecule has 3 heterocycles. The fourth-order valence-corrected chi connectivity index (χ4v) is 6.89. The molecule has 212 valence electrons. The van der Waals surface area contributed by atoms with Crippen molar-refractivity contribution in [2.45, 2.75) is 96.4 Å². The monoisotopic (exact) mass is 535 g/mol. The van der Waals surface area contributed by atoms with Crippen LogP contribution in [0.3, 0.4) is 0 Å². The zero-order chi connectivity index (χ0) is 27.6. The van der Waals surface area contributed by atoms with Crippen molar-refractivity contribution in [3.05, 3.63) is 58.3 Å². The van der Waals surface area contributed by atoms with E-state index in [4.69, 9.17) is 14.5 Å². The third-order valence-corrected chi connectivity index (χ3v) is 9.11. The molecule has 0 spiro atoms. The van der Waals surface area contributed by atoms with E-state index in [1.807, 2.05) is 26.1 Å². The lowest BCUT2D eigenvalue weighted by molar-refractivity contribution is -0.144. The molecule has 0 amide bonds. The molecule has 1 aromatic carbocycles. The number of benzene rings is 1. The summed E-state index contributed by atoms with van der Waals surface area (Å²) in [4.78, 5) is 19.5. The number of nitrogens with one attached hydrogen (secondary N) is 1. The van der Waals surface area contributed by atoms with Gasteiger partial charge in [0.15, 0.2) is 0 Å². The first kappa shape index (κ1) is 28.1. The fraction of sp³-hybridized carbons (Fsp3) is 0.625. The van der Waals surface area contributed by atoms with Crippen LogP contribution in [0.1, 0.15) is 93.0 Å². The number of rotatable bonds is 10. The first-order valence-electron chi connectivity index (χ1n) is 14.8. The van der Waals surface area contributed by atoms with Crippen LogP contribution < -0.4 is 5.32 Å². The predicted molar refractivity (Wildman–Crippen MR) is 153 cm³/mol. The molecule has 2 aromatic rings. The van der Waals surface area contributed by atoms with E-state index in [9.17, 15) is 9.90 Å². The number of likely N-dealkylation sites (N-methyl/N-ethyl adjacent to an activating group) is 1. The number of hydrogen-bond acceptors (Lipinski definition) is 6. The molecule has 1 fully saturated rings. The number of aryl methyl sites for hydroxylation is 2. The van der Waals surface area contributed by atoms with Crippen molar-refractivity contribution in [3.63, 3.8) is 0 Å². The predicted octanol–water partition coefficient (Wildman–Crippen LogP) is 5.73. The second-order valence-electron chi connectivity index (χ2n) is 12.3. The largest absolute Gasteiger partial charge is 0.480 e. The molecule has 0 radical (unpaired) electrons. The van der Waals surface area contributed by atoms with E-state index in [1.165, 1.54) is 17.5 Å². The Hall–Kier alpha value is -2.48. The van der Waals surface area contributed by atoms with Gasteiger partial charge in [-0.25, -0.2) is 4.98 Å². The molecule has 0 saturated heterocycles. The third-order valence-electron chi connectivity index (χ3n) is 9.11. The van der Waals surface area contributed by atoms with Crippen molar-refractivity contribution in [2.75, 3.05) is 32.1 Å². The van der Waals surface area contributed by atoms with Gasteiger partial charge in [0.25, 0.3) is 0 Å². The van der Waals surface area contributed by atoms with E-state index >= 15 is 0 Å². The third kappa shape index (κ3) is 6.16. The molecular weight excluding hydrogens is 490 g/mol. The van der Waals surface area contributed by atoms with Crippen molar-refractivity contribution >= 4 is 11.8 Å². The molecule has 2 N–H and O–H groups in total. The normalized spacial score (nSPS) is 24.6. The van der Waals surface area contributed by atoms with E-state index < -0.39 is 12.0 Å². The average molecular weight is 536 g/mol. The van der Waals surface area contributed by atoms with Crippen LogP contribution in [0.4, 0.5) is 5.82 Å². The van der Waals surface area contributed by atoms with Gasteiger partial charge in [0.05, 0.1) is 18.8 Å². The second-order valence-corrected chi connectivity index (χ2v) is 12.3. The SMILES string of the molecule is C[C@@H]1OCCc2cccc([C@@H](C(=O)O)N(C)C3CC(OCCCCc4ccc5c(n4)NCCC5)C(C)(C)C3)c21. The minimum atomic E-state index is -0.808. The first-order chi connectivity index (χ1) is 18.7. The van der Waals surface area contributed by atoms with Crippen molar-refractivity contribution in [1.82, 2.24) is 9.88 Å². The van der Waals surface area contributed by atoms with Crippen LogP contribution in [-0.4, -0.2) is 59.9 Å². The van der Waals surface area contributed by atoms with E-state index in [0.717, 1.165) is 80.7 Å². The number of carboxylic acids is 1. The van der Waals surface area contributed by atoms with Crippen LogP contribution in [-0.2, 0) is 33.5 Å². The molecule has 1 saturated carbocycles. The van der Waals surface area contributed by atoms with Gasteiger partial charge in [-0.1, -0.05) is 38.1 Å². The topological polar surface area (TPSA) is 83.9 Å². The molecule has 7 nitrogen and oxygen atoms in total. The Kier molecular flexibility index (Phi) is 8.60. The minimum Gasteiger partial charge on any atom is -0.480 e. The average Bonchev–Trinajstić information content (AvgIpc) is 3.22. The Bertz CT molecular complexity index is 1170. The highest BCUT2D eigenvalue weighted by molar-refractivity contribution is 5.76. The van der Waals surface area contributed by atoms with Crippen molar-refractivity contribution in [3.8, 4) is 0 Å². The Morgan fingerprint density at radius 2 is 2.08 bits per heavy atom. The standard InChI is InChI=1S/C32H45N3O4/c1-21-28-22(15-18-38-21)9-7-12-26(28)29(31(36)37)35(4)25-19-27(32(2,3)20-25)39-17-6-5-11-24-14-13-23-10-8-16-33-30(23)34-24/h7,9,12-14,21,25,27,29H,5-6,8,10-11,15-20H2,1-4H3,(H,33,34)(H,36,37)/t21-,25?,27?,29-/m0/s1. The summed E-state index contributed by atoms with van der Waals surface area (Å²) < 4.78 is 12.4. The maximum Gasteiger partial charge on any atom is 0.325 e. The van der Waals surface area contributed by atoms with E-state index in [1.54, 1.807) is 0 Å². The van der Waals surface area contributed by atoms with Gasteiger partial charge in [-0.2, -0.15) is 0 Å². The van der Waals surface area contributed by atoms with Gasteiger partial charge >= 0.3 is 5.97 Å². The van der Waals surface area contributed by atoms with Gasteiger partial charge in [-0.3, -0.25) is 9.69 Å². The Morgan fingerprint density at radius 1 is 1.23 bits per heavy atom. The summed E-state index contributed by atoms with van der Waals surface area (Å²) >= 11 is 0. The minimum absolute atomic E-state index is 0.0137. The molecule has 4 atom stereocenters. The lowest BCUT2D eigenvalue weighted by atomic mass is 9.87. The van der Waals surface area contributed by atoms with Gasteiger partial charge in [0.1, 0.15) is 11.9 Å². The molecular formula is C32H45N3O4. The summed E-state index contributed by atoms with van der Waals surface area (Å²) in [7, 11) is 1.97. The molecule has 2 aliphatic heterocycles. The van der Waals surface area contributed by atoms with Crippen LogP contribution in [0.25, 0.3) is 0 Å². The van der Waals surface area contributed by atoms with Crippen LogP contribution in [0.15, 0.2) is 30.3 Å². The highest BCUT2D eigenvalue weighted by Gasteiger charge is 2.45. The Balaban J connectivity index is 1.17. The lowest BCUT2D eigenvalue weighted by Crippen LogP contribution is -2.39. The summed E-state index contributed by atoms with van der Waals surface area (Å²) in [6.45, 7) is 8.96. The quantitative estimate of drug-likeness (QED) is 0.376. The number of carbonyl (C=O) groups is 1. The van der Waals surface area contributed by atoms with E-state index in [0.29, 0.717) is 6.61 Å². The Labute approximate surface area is 233 Å². The number of pyridine rings is 1. The van der Waals surface area contributed by atoms with E-state index in [2.05, 4.69) is 42.3 Å². The van der Waals surface area contributed by atoms with Crippen molar-refractivity contribution in [1.29, 1.82) is 0 Å². The summed E-state index contributed by atoms with van der Waals surface area (Å²) in [6, 6.07) is 9.90. The molecule has 2 unspecified atom stereocenters. The zero-order valence-corrected chi connectivity index (χ0v) is 24.0. The van der Waals surface area contributed by atoms with Crippen LogP contribution in [0.2, 0.25) is 0 Å². The number of ether oxygens (including phenoxy) is 2. The number of unbranched alkanes of at least 4 members (excludes halogenated alkanes) is 1. The van der Waals surface area contributed by atoms with Crippen LogP contribution >= 0.6 is 0 Å². The summed E-state index contributed by atoms with van der Waals surface area (Å²) in [5.41, 5.74) is 5.59. The highest BCUT2D eigenvalue weighted by Crippen LogP contribution is 2.44. The van der Waals surface area contributed by atoms with E-state index in [-0.39, 0.29) is 23.7 Å².